The quantitative estimate of drug-likeness (QED) is 0.863. The molecular weight excluding hydrogens is 290 g/mol. The summed E-state index contributed by atoms with van der Waals surface area (Å²) in [6.07, 6.45) is 1.51. The Morgan fingerprint density at radius 2 is 2.33 bits per heavy atom. The predicted octanol–water partition coefficient (Wildman–Crippen LogP) is 2.57. The smallest absolute Gasteiger partial charge is 0.191 e. The molecule has 2 heterocycles. The van der Waals surface area contributed by atoms with Crippen LogP contribution in [0.15, 0.2) is 30.5 Å². The maximum atomic E-state index is 12.8. The van der Waals surface area contributed by atoms with Crippen LogP contribution in [0.25, 0.3) is 0 Å². The Morgan fingerprint density at radius 3 is 3.14 bits per heavy atom. The first-order valence-corrected chi connectivity index (χ1v) is 7.17. The van der Waals surface area contributed by atoms with Gasteiger partial charge in [0.25, 0.3) is 0 Å². The zero-order valence-electron chi connectivity index (χ0n) is 11.7. The van der Waals surface area contributed by atoms with Gasteiger partial charge in [-0.05, 0) is 11.6 Å². The van der Waals surface area contributed by atoms with Crippen molar-refractivity contribution in [1.29, 1.82) is 0 Å². The first kappa shape index (κ1) is 14.1. The van der Waals surface area contributed by atoms with E-state index < -0.39 is 0 Å². The van der Waals surface area contributed by atoms with Crippen molar-refractivity contribution >= 4 is 23.1 Å². The van der Waals surface area contributed by atoms with Gasteiger partial charge in [0.2, 0.25) is 0 Å². The van der Waals surface area contributed by atoms with E-state index in [-0.39, 0.29) is 11.7 Å². The Bertz CT molecular complexity index is 669. The molecule has 21 heavy (non-hydrogen) atoms. The number of aromatic nitrogens is 2. The van der Waals surface area contributed by atoms with Gasteiger partial charge < -0.3 is 10.1 Å². The molecule has 1 atom stereocenters. The van der Waals surface area contributed by atoms with Crippen molar-refractivity contribution < 1.29 is 9.53 Å². The molecule has 1 aliphatic rings. The molecule has 1 aromatic carbocycles. The summed E-state index contributed by atoms with van der Waals surface area (Å²) in [4.78, 5) is 12.8. The molecule has 6 heteroatoms. The first-order chi connectivity index (χ1) is 10.2. The summed E-state index contributed by atoms with van der Waals surface area (Å²) in [5.74, 6) is -0.234. The molecule has 2 aromatic rings. The van der Waals surface area contributed by atoms with Crippen molar-refractivity contribution in [1.82, 2.24) is 9.78 Å². The third-order valence-corrected chi connectivity index (χ3v) is 3.96. The summed E-state index contributed by atoms with van der Waals surface area (Å²) in [5.41, 5.74) is 2.48. The molecular formula is C15H16ClN3O2. The normalized spacial score (nSPS) is 16.6. The van der Waals surface area contributed by atoms with E-state index in [1.807, 2.05) is 24.3 Å². The van der Waals surface area contributed by atoms with Crippen LogP contribution in [0.4, 0.5) is 5.69 Å². The lowest BCUT2D eigenvalue weighted by Gasteiger charge is -2.12. The Morgan fingerprint density at radius 1 is 1.52 bits per heavy atom. The minimum absolute atomic E-state index is 0.00828. The number of carbonyl (C=O) groups excluding carboxylic acids is 1. The number of nitrogens with one attached hydrogen (secondary N) is 1. The molecule has 0 radical (unpaired) electrons. The molecule has 0 fully saturated rings. The van der Waals surface area contributed by atoms with Crippen LogP contribution < -0.4 is 5.32 Å². The Balaban J connectivity index is 1.91. The molecule has 1 N–H and O–H groups in total. The molecule has 3 rings (SSSR count). The Kier molecular flexibility index (Phi) is 3.94. The van der Waals surface area contributed by atoms with Gasteiger partial charge in [-0.2, -0.15) is 5.10 Å². The number of carbonyl (C=O) groups is 1. The highest BCUT2D eigenvalue weighted by Crippen LogP contribution is 2.34. The van der Waals surface area contributed by atoms with E-state index in [0.717, 1.165) is 11.3 Å². The van der Waals surface area contributed by atoms with E-state index in [1.54, 1.807) is 11.8 Å². The lowest BCUT2D eigenvalue weighted by molar-refractivity contribution is 0.0952. The van der Waals surface area contributed by atoms with Gasteiger partial charge in [0.05, 0.1) is 30.3 Å². The van der Waals surface area contributed by atoms with Gasteiger partial charge in [0.15, 0.2) is 5.78 Å². The third-order valence-electron chi connectivity index (χ3n) is 3.68. The molecule has 5 nitrogen and oxygen atoms in total. The number of para-hydroxylation sites is 1. The summed E-state index contributed by atoms with van der Waals surface area (Å²) < 4.78 is 6.66. The number of fused-ring (bicyclic) bond motifs is 1. The molecule has 110 valence electrons. The molecule has 0 amide bonds. The lowest BCUT2D eigenvalue weighted by atomic mass is 9.95. The second-order valence-electron chi connectivity index (χ2n) is 4.94. The van der Waals surface area contributed by atoms with Crippen LogP contribution in [0, 0.1) is 0 Å². The van der Waals surface area contributed by atoms with Crippen LogP contribution in [0.3, 0.4) is 0 Å². The number of hydrogen-bond donors (Lipinski definition) is 1. The van der Waals surface area contributed by atoms with Crippen molar-refractivity contribution in [3.63, 3.8) is 0 Å². The van der Waals surface area contributed by atoms with E-state index >= 15 is 0 Å². The summed E-state index contributed by atoms with van der Waals surface area (Å²) >= 11 is 6.16. The number of rotatable bonds is 5. The zero-order chi connectivity index (χ0) is 14.8. The summed E-state index contributed by atoms with van der Waals surface area (Å²) in [7, 11) is 1.61. The molecule has 1 unspecified atom stereocenters. The average Bonchev–Trinajstić information content (AvgIpc) is 3.08. The SMILES string of the molecule is COCCn1ncc(Cl)c1C(=O)C1CNc2ccccc21. The molecule has 0 spiro atoms. The van der Waals surface area contributed by atoms with Crippen LogP contribution in [0.5, 0.6) is 0 Å². The maximum absolute atomic E-state index is 12.8. The van der Waals surface area contributed by atoms with E-state index in [0.29, 0.717) is 30.4 Å². The van der Waals surface area contributed by atoms with Crippen molar-refractivity contribution in [2.45, 2.75) is 12.5 Å². The zero-order valence-corrected chi connectivity index (χ0v) is 12.4. The number of anilines is 1. The fourth-order valence-corrected chi connectivity index (χ4v) is 2.87. The predicted molar refractivity (Wildman–Crippen MR) is 81.1 cm³/mol. The number of ketones is 1. The van der Waals surface area contributed by atoms with E-state index in [2.05, 4.69) is 10.4 Å². The second-order valence-corrected chi connectivity index (χ2v) is 5.35. The van der Waals surface area contributed by atoms with Gasteiger partial charge in [0.1, 0.15) is 5.69 Å². The van der Waals surface area contributed by atoms with Crippen molar-refractivity contribution in [3.05, 3.63) is 46.7 Å². The van der Waals surface area contributed by atoms with Crippen LogP contribution in [0.1, 0.15) is 22.0 Å². The number of methoxy groups -OCH3 is 1. The number of nitrogens with zero attached hydrogens (tertiary/aromatic N) is 2. The lowest BCUT2D eigenvalue weighted by Crippen LogP contribution is -2.20. The summed E-state index contributed by atoms with van der Waals surface area (Å²) in [6, 6.07) is 7.85. The van der Waals surface area contributed by atoms with Gasteiger partial charge in [0, 0.05) is 19.3 Å². The minimum atomic E-state index is -0.225. The number of ether oxygens (including phenoxy) is 1. The molecule has 0 saturated heterocycles. The molecule has 1 aliphatic heterocycles. The highest BCUT2D eigenvalue weighted by atomic mass is 35.5. The van der Waals surface area contributed by atoms with Gasteiger partial charge in [-0.3, -0.25) is 9.48 Å². The van der Waals surface area contributed by atoms with Crippen LogP contribution in [0.2, 0.25) is 5.02 Å². The number of hydrogen-bond acceptors (Lipinski definition) is 4. The minimum Gasteiger partial charge on any atom is -0.384 e. The summed E-state index contributed by atoms with van der Waals surface area (Å²) in [6.45, 7) is 1.58. The highest BCUT2D eigenvalue weighted by molar-refractivity contribution is 6.33. The molecule has 0 bridgehead atoms. The average molecular weight is 306 g/mol. The maximum Gasteiger partial charge on any atom is 0.191 e. The summed E-state index contributed by atoms with van der Waals surface area (Å²) in [5, 5.41) is 7.81. The van der Waals surface area contributed by atoms with E-state index in [4.69, 9.17) is 16.3 Å². The highest BCUT2D eigenvalue weighted by Gasteiger charge is 2.32. The largest absolute Gasteiger partial charge is 0.384 e. The number of halogens is 1. The van der Waals surface area contributed by atoms with Crippen molar-refractivity contribution in [2.75, 3.05) is 25.6 Å². The number of benzene rings is 1. The molecule has 1 aromatic heterocycles. The number of Topliss-reactive ketones (excluding diaryl/α,β-unsaturated/α-hetero) is 1. The Labute approximate surface area is 127 Å². The van der Waals surface area contributed by atoms with Gasteiger partial charge in [-0.15, -0.1) is 0 Å². The van der Waals surface area contributed by atoms with Crippen LogP contribution in [-0.4, -0.2) is 35.8 Å². The topological polar surface area (TPSA) is 56.2 Å². The van der Waals surface area contributed by atoms with Crippen molar-refractivity contribution in [3.8, 4) is 0 Å². The Hall–Kier alpha value is -1.85. The van der Waals surface area contributed by atoms with E-state index in [1.165, 1.54) is 6.20 Å². The second kappa shape index (κ2) is 5.87. The van der Waals surface area contributed by atoms with Crippen LogP contribution >= 0.6 is 11.6 Å². The molecule has 0 saturated carbocycles. The van der Waals surface area contributed by atoms with Gasteiger partial charge in [-0.25, -0.2) is 0 Å². The van der Waals surface area contributed by atoms with Gasteiger partial charge >= 0.3 is 0 Å². The van der Waals surface area contributed by atoms with E-state index in [9.17, 15) is 4.79 Å². The van der Waals surface area contributed by atoms with Gasteiger partial charge in [-0.1, -0.05) is 29.8 Å². The third kappa shape index (κ3) is 2.54. The fourth-order valence-electron chi connectivity index (χ4n) is 2.64. The van der Waals surface area contributed by atoms with Crippen LogP contribution in [-0.2, 0) is 11.3 Å². The monoisotopic (exact) mass is 305 g/mol. The van der Waals surface area contributed by atoms with Crippen molar-refractivity contribution in [2.24, 2.45) is 0 Å². The standard InChI is InChI=1S/C15H16ClN3O2/c1-21-7-6-19-14(12(16)9-18-19)15(20)11-8-17-13-5-3-2-4-10(11)13/h2-5,9,11,17H,6-8H2,1H3. The molecule has 0 aliphatic carbocycles. The first-order valence-electron chi connectivity index (χ1n) is 6.79. The fraction of sp³-hybridized carbons (Fsp3) is 0.333.